The fraction of sp³-hybridized carbons (Fsp3) is 0. The van der Waals surface area contributed by atoms with Gasteiger partial charge in [-0.2, -0.15) is 0 Å². The van der Waals surface area contributed by atoms with Crippen LogP contribution in [0.5, 0.6) is 0 Å². The molecule has 0 spiro atoms. The Labute approximate surface area is 154 Å². The summed E-state index contributed by atoms with van der Waals surface area (Å²) in [4.78, 5) is 17.0. The fourth-order valence-electron chi connectivity index (χ4n) is 1.79. The zero-order valence-electron chi connectivity index (χ0n) is 11.6. The molecule has 1 amide bonds. The van der Waals surface area contributed by atoms with E-state index in [0.29, 0.717) is 10.0 Å². The lowest BCUT2D eigenvalue weighted by molar-refractivity contribution is 0.0981. The number of aromatic nitrogens is 1. The third-order valence-electron chi connectivity index (χ3n) is 2.84. The minimum Gasteiger partial charge on any atom is -0.308 e. The highest BCUT2D eigenvalue weighted by Crippen LogP contribution is 2.26. The van der Waals surface area contributed by atoms with E-state index in [9.17, 15) is 4.79 Å². The maximum Gasteiger partial charge on any atom is 0.267 e. The number of thiocarbonyl (C=S) groups is 1. The SMILES string of the molecule is O=C(NC(=S)Nc1nc(-c2ccc(Br)cc2)cs1)c1cccs1. The summed E-state index contributed by atoms with van der Waals surface area (Å²) in [6, 6.07) is 11.5. The molecule has 0 aliphatic rings. The summed E-state index contributed by atoms with van der Waals surface area (Å²) in [5.41, 5.74) is 1.88. The highest BCUT2D eigenvalue weighted by molar-refractivity contribution is 9.10. The van der Waals surface area contributed by atoms with Crippen molar-refractivity contribution in [2.75, 3.05) is 5.32 Å². The number of nitrogens with one attached hydrogen (secondary N) is 2. The lowest BCUT2D eigenvalue weighted by atomic mass is 10.2. The van der Waals surface area contributed by atoms with E-state index in [1.807, 2.05) is 41.1 Å². The van der Waals surface area contributed by atoms with Crippen molar-refractivity contribution in [3.63, 3.8) is 0 Å². The molecule has 3 rings (SSSR count). The second kappa shape index (κ2) is 7.31. The van der Waals surface area contributed by atoms with Crippen LogP contribution in [0.1, 0.15) is 9.67 Å². The molecule has 0 saturated heterocycles. The molecule has 0 unspecified atom stereocenters. The summed E-state index contributed by atoms with van der Waals surface area (Å²) in [6.45, 7) is 0. The van der Waals surface area contributed by atoms with Gasteiger partial charge in [0, 0.05) is 15.4 Å². The first-order chi connectivity index (χ1) is 11.1. The van der Waals surface area contributed by atoms with Gasteiger partial charge in [-0.15, -0.1) is 22.7 Å². The Morgan fingerprint density at radius 3 is 2.65 bits per heavy atom. The Hall–Kier alpha value is -1.61. The molecule has 2 N–H and O–H groups in total. The molecule has 4 nitrogen and oxygen atoms in total. The molecule has 0 aliphatic heterocycles. The number of amides is 1. The molecule has 2 heterocycles. The molecule has 0 saturated carbocycles. The first-order valence-electron chi connectivity index (χ1n) is 6.49. The third-order valence-corrected chi connectivity index (χ3v) is 5.20. The first-order valence-corrected chi connectivity index (χ1v) is 9.45. The topological polar surface area (TPSA) is 54.0 Å². The van der Waals surface area contributed by atoms with E-state index in [-0.39, 0.29) is 11.0 Å². The third kappa shape index (κ3) is 4.23. The largest absolute Gasteiger partial charge is 0.308 e. The van der Waals surface area contributed by atoms with Crippen molar-refractivity contribution in [1.82, 2.24) is 10.3 Å². The fourth-order valence-corrected chi connectivity index (χ4v) is 3.65. The van der Waals surface area contributed by atoms with E-state index in [0.717, 1.165) is 15.7 Å². The monoisotopic (exact) mass is 423 g/mol. The number of hydrogen-bond donors (Lipinski definition) is 2. The van der Waals surface area contributed by atoms with Gasteiger partial charge in [-0.25, -0.2) is 4.98 Å². The normalized spacial score (nSPS) is 10.3. The van der Waals surface area contributed by atoms with Crippen LogP contribution in [0.2, 0.25) is 0 Å². The molecular weight excluding hydrogens is 414 g/mol. The van der Waals surface area contributed by atoms with Crippen LogP contribution < -0.4 is 10.6 Å². The lowest BCUT2D eigenvalue weighted by Gasteiger charge is -2.05. The van der Waals surface area contributed by atoms with Crippen LogP contribution in [0.3, 0.4) is 0 Å². The van der Waals surface area contributed by atoms with Crippen LogP contribution >= 0.6 is 50.8 Å². The van der Waals surface area contributed by atoms with Crippen LogP contribution in [0, 0.1) is 0 Å². The van der Waals surface area contributed by atoms with Crippen molar-refractivity contribution in [3.8, 4) is 11.3 Å². The Morgan fingerprint density at radius 2 is 1.96 bits per heavy atom. The summed E-state index contributed by atoms with van der Waals surface area (Å²) in [5, 5.41) is 10.2. The van der Waals surface area contributed by atoms with Crippen molar-refractivity contribution in [3.05, 3.63) is 56.5 Å². The van der Waals surface area contributed by atoms with Crippen LogP contribution in [0.15, 0.2) is 51.6 Å². The Balaban J connectivity index is 1.63. The molecule has 0 atom stereocenters. The van der Waals surface area contributed by atoms with E-state index in [1.54, 1.807) is 6.07 Å². The van der Waals surface area contributed by atoms with Crippen molar-refractivity contribution in [2.45, 2.75) is 0 Å². The molecule has 116 valence electrons. The van der Waals surface area contributed by atoms with Gasteiger partial charge in [0.2, 0.25) is 0 Å². The average Bonchev–Trinajstić information content (AvgIpc) is 3.19. The number of thiazole rings is 1. The number of carbonyl (C=O) groups is 1. The molecule has 0 radical (unpaired) electrons. The van der Waals surface area contributed by atoms with Gasteiger partial charge in [0.25, 0.3) is 5.91 Å². The predicted octanol–water partition coefficient (Wildman–Crippen LogP) is 4.76. The zero-order chi connectivity index (χ0) is 16.2. The molecule has 1 aromatic carbocycles. The van der Waals surface area contributed by atoms with Crippen LogP contribution in [0.4, 0.5) is 5.13 Å². The lowest BCUT2D eigenvalue weighted by Crippen LogP contribution is -2.33. The van der Waals surface area contributed by atoms with Crippen molar-refractivity contribution >= 4 is 67.0 Å². The van der Waals surface area contributed by atoms with E-state index < -0.39 is 0 Å². The van der Waals surface area contributed by atoms with Gasteiger partial charge < -0.3 is 5.32 Å². The Kier molecular flexibility index (Phi) is 5.16. The molecule has 3 aromatic rings. The number of halogens is 1. The van der Waals surface area contributed by atoms with Crippen LogP contribution in [0.25, 0.3) is 11.3 Å². The molecule has 0 fully saturated rings. The van der Waals surface area contributed by atoms with Gasteiger partial charge in [-0.3, -0.25) is 10.1 Å². The van der Waals surface area contributed by atoms with Crippen LogP contribution in [-0.4, -0.2) is 16.0 Å². The van der Waals surface area contributed by atoms with E-state index in [2.05, 4.69) is 31.5 Å². The first kappa shape index (κ1) is 16.3. The van der Waals surface area contributed by atoms with Crippen molar-refractivity contribution < 1.29 is 4.79 Å². The van der Waals surface area contributed by atoms with Crippen LogP contribution in [-0.2, 0) is 0 Å². The number of anilines is 1. The van der Waals surface area contributed by atoms with Gasteiger partial charge in [0.05, 0.1) is 10.6 Å². The van der Waals surface area contributed by atoms with Gasteiger partial charge in [0.1, 0.15) is 0 Å². The van der Waals surface area contributed by atoms with Gasteiger partial charge in [-0.05, 0) is 35.8 Å². The standard InChI is InChI=1S/C15H10BrN3OS3/c16-10-5-3-9(4-6-10)11-8-23-15(17-11)19-14(21)18-13(20)12-2-1-7-22-12/h1-8H,(H2,17,18,19,20,21). The summed E-state index contributed by atoms with van der Waals surface area (Å²) < 4.78 is 1.02. The smallest absolute Gasteiger partial charge is 0.267 e. The quantitative estimate of drug-likeness (QED) is 0.596. The number of carbonyl (C=O) groups excluding carboxylic acids is 1. The molecule has 8 heteroatoms. The van der Waals surface area contributed by atoms with Gasteiger partial charge in [0.15, 0.2) is 10.2 Å². The number of rotatable bonds is 3. The molecule has 2 aromatic heterocycles. The molecule has 0 aliphatic carbocycles. The number of nitrogens with zero attached hydrogens (tertiary/aromatic N) is 1. The second-order valence-electron chi connectivity index (χ2n) is 4.43. The summed E-state index contributed by atoms with van der Waals surface area (Å²) in [7, 11) is 0. The molecule has 0 bridgehead atoms. The molecular formula is C15H10BrN3OS3. The summed E-state index contributed by atoms with van der Waals surface area (Å²) >= 11 is 11.4. The zero-order valence-corrected chi connectivity index (χ0v) is 15.6. The van der Waals surface area contributed by atoms with E-state index in [4.69, 9.17) is 12.2 Å². The minimum absolute atomic E-state index is 0.220. The Bertz CT molecular complexity index is 828. The molecule has 23 heavy (non-hydrogen) atoms. The number of benzene rings is 1. The van der Waals surface area contributed by atoms with E-state index in [1.165, 1.54) is 22.7 Å². The van der Waals surface area contributed by atoms with E-state index >= 15 is 0 Å². The minimum atomic E-state index is -0.220. The maximum absolute atomic E-state index is 11.9. The van der Waals surface area contributed by atoms with Gasteiger partial charge in [-0.1, -0.05) is 34.1 Å². The maximum atomic E-state index is 11.9. The summed E-state index contributed by atoms with van der Waals surface area (Å²) in [5.74, 6) is -0.220. The predicted molar refractivity (Wildman–Crippen MR) is 103 cm³/mol. The summed E-state index contributed by atoms with van der Waals surface area (Å²) in [6.07, 6.45) is 0. The van der Waals surface area contributed by atoms with Gasteiger partial charge >= 0.3 is 0 Å². The highest BCUT2D eigenvalue weighted by Gasteiger charge is 2.10. The number of hydrogen-bond acceptors (Lipinski definition) is 5. The number of thiophene rings is 1. The second-order valence-corrected chi connectivity index (χ2v) is 7.56. The van der Waals surface area contributed by atoms with Crippen molar-refractivity contribution in [2.24, 2.45) is 0 Å². The van der Waals surface area contributed by atoms with Crippen molar-refractivity contribution in [1.29, 1.82) is 0 Å². The highest BCUT2D eigenvalue weighted by atomic mass is 79.9. The Morgan fingerprint density at radius 1 is 1.17 bits per heavy atom. The average molecular weight is 424 g/mol.